The Hall–Kier alpha value is -1.87. The molecule has 0 spiro atoms. The number of carbonyl (C=O) groups is 2. The number of cyclic esters (lactones) is 1. The first-order chi connectivity index (χ1) is 11.8. The highest BCUT2D eigenvalue weighted by atomic mass is 35.5. The van der Waals surface area contributed by atoms with E-state index in [0.717, 1.165) is 24.0 Å². The van der Waals surface area contributed by atoms with E-state index in [1.165, 1.54) is 0 Å². The molecule has 2 rings (SSSR count). The van der Waals surface area contributed by atoms with Gasteiger partial charge in [-0.25, -0.2) is 4.79 Å². The summed E-state index contributed by atoms with van der Waals surface area (Å²) < 4.78 is 5.67. The Morgan fingerprint density at radius 1 is 1.08 bits per heavy atom. The minimum atomic E-state index is -0.420. The van der Waals surface area contributed by atoms with Crippen LogP contribution in [0.1, 0.15) is 53.7 Å². The van der Waals surface area contributed by atoms with Gasteiger partial charge in [0.05, 0.1) is 5.56 Å². The van der Waals surface area contributed by atoms with Crippen molar-refractivity contribution in [2.75, 3.05) is 0 Å². The standard InChI is InChI=1S/C21H25ClO3/c1-13-9-7-5-6-8-10-17(23)12-18-19(21(24)25-16(13)4)14(2)11-15(3)20(18)22/h7-11,13,16H,5-6,12H2,1-4H3/b9-7+,10-8+/t13-,16+/m0/s1. The summed E-state index contributed by atoms with van der Waals surface area (Å²) in [4.78, 5) is 25.1. The molecule has 0 saturated heterocycles. The highest BCUT2D eigenvalue weighted by Crippen LogP contribution is 2.29. The van der Waals surface area contributed by atoms with Crippen LogP contribution in [0.5, 0.6) is 0 Å². The lowest BCUT2D eigenvalue weighted by Gasteiger charge is -2.21. The predicted octanol–water partition coefficient (Wildman–Crippen LogP) is 5.16. The Bertz CT molecular complexity index is 731. The summed E-state index contributed by atoms with van der Waals surface area (Å²) in [5, 5.41) is 0.465. The van der Waals surface area contributed by atoms with E-state index in [1.54, 1.807) is 6.08 Å². The van der Waals surface area contributed by atoms with Crippen molar-refractivity contribution in [1.29, 1.82) is 0 Å². The zero-order valence-electron chi connectivity index (χ0n) is 15.3. The molecule has 0 unspecified atom stereocenters. The summed E-state index contributed by atoms with van der Waals surface area (Å²) in [6, 6.07) is 1.86. The molecule has 25 heavy (non-hydrogen) atoms. The topological polar surface area (TPSA) is 43.4 Å². The fourth-order valence-electron chi connectivity index (χ4n) is 2.94. The minimum absolute atomic E-state index is 0.0663. The Kier molecular flexibility index (Phi) is 6.60. The van der Waals surface area contributed by atoms with E-state index in [-0.39, 0.29) is 24.2 Å². The largest absolute Gasteiger partial charge is 0.458 e. The van der Waals surface area contributed by atoms with Gasteiger partial charge in [-0.2, -0.15) is 0 Å². The molecule has 0 amide bonds. The molecule has 0 radical (unpaired) electrons. The summed E-state index contributed by atoms with van der Waals surface area (Å²) in [5.41, 5.74) is 2.61. The van der Waals surface area contributed by atoms with Crippen molar-refractivity contribution in [3.05, 3.63) is 57.6 Å². The van der Waals surface area contributed by atoms with Crippen molar-refractivity contribution in [3.63, 3.8) is 0 Å². The van der Waals surface area contributed by atoms with Gasteiger partial charge in [0.25, 0.3) is 0 Å². The number of allylic oxidation sites excluding steroid dienone is 3. The zero-order chi connectivity index (χ0) is 18.6. The van der Waals surface area contributed by atoms with Gasteiger partial charge in [-0.1, -0.05) is 42.8 Å². The first kappa shape index (κ1) is 19.5. The molecule has 4 heteroatoms. The molecule has 0 aliphatic carbocycles. The van der Waals surface area contributed by atoms with Crippen LogP contribution < -0.4 is 0 Å². The van der Waals surface area contributed by atoms with Crippen LogP contribution in [0.2, 0.25) is 5.02 Å². The van der Waals surface area contributed by atoms with Crippen LogP contribution in [0.4, 0.5) is 0 Å². The fourth-order valence-corrected chi connectivity index (χ4v) is 3.15. The SMILES string of the molecule is Cc1cc(C)c2c(c1Cl)CC(=O)/C=C/CC/C=C/[C@H](C)[C@@H](C)OC2=O. The van der Waals surface area contributed by atoms with E-state index >= 15 is 0 Å². The van der Waals surface area contributed by atoms with Gasteiger partial charge in [0, 0.05) is 17.4 Å². The fraction of sp³-hybridized carbons (Fsp3) is 0.429. The molecule has 1 aliphatic rings. The molecule has 0 bridgehead atoms. The molecular weight excluding hydrogens is 336 g/mol. The van der Waals surface area contributed by atoms with Gasteiger partial charge in [-0.05, 0) is 56.4 Å². The van der Waals surface area contributed by atoms with E-state index in [9.17, 15) is 9.59 Å². The van der Waals surface area contributed by atoms with Gasteiger partial charge in [0.1, 0.15) is 6.10 Å². The van der Waals surface area contributed by atoms with Gasteiger partial charge in [-0.15, -0.1) is 0 Å². The second-order valence-electron chi connectivity index (χ2n) is 6.70. The first-order valence-corrected chi connectivity index (χ1v) is 9.04. The predicted molar refractivity (Wildman–Crippen MR) is 101 cm³/mol. The smallest absolute Gasteiger partial charge is 0.339 e. The number of hydrogen-bond acceptors (Lipinski definition) is 3. The molecule has 1 aromatic carbocycles. The zero-order valence-corrected chi connectivity index (χ0v) is 16.0. The average Bonchev–Trinajstić information content (AvgIpc) is 2.54. The number of aryl methyl sites for hydroxylation is 2. The maximum Gasteiger partial charge on any atom is 0.339 e. The second-order valence-corrected chi connectivity index (χ2v) is 7.08. The third-order valence-corrected chi connectivity index (χ3v) is 5.10. The van der Waals surface area contributed by atoms with Crippen LogP contribution in [0.15, 0.2) is 30.4 Å². The number of halogens is 1. The minimum Gasteiger partial charge on any atom is -0.458 e. The number of ether oxygens (including phenoxy) is 1. The highest BCUT2D eigenvalue weighted by molar-refractivity contribution is 6.33. The highest BCUT2D eigenvalue weighted by Gasteiger charge is 2.24. The van der Waals surface area contributed by atoms with Crippen LogP contribution in [-0.4, -0.2) is 17.9 Å². The van der Waals surface area contributed by atoms with E-state index < -0.39 is 5.97 Å². The molecule has 0 saturated carbocycles. The van der Waals surface area contributed by atoms with Crippen LogP contribution >= 0.6 is 11.6 Å². The Labute approximate surface area is 154 Å². The number of carbonyl (C=O) groups excluding carboxylic acids is 2. The number of fused-ring (bicyclic) bond motifs is 1. The number of hydrogen-bond donors (Lipinski definition) is 0. The molecule has 0 aromatic heterocycles. The van der Waals surface area contributed by atoms with E-state index in [1.807, 2.05) is 39.8 Å². The maximum atomic E-state index is 12.8. The van der Waals surface area contributed by atoms with E-state index in [4.69, 9.17) is 16.3 Å². The summed E-state index contributed by atoms with van der Waals surface area (Å²) in [6.07, 6.45) is 9.06. The van der Waals surface area contributed by atoms with Gasteiger partial charge in [0.15, 0.2) is 5.78 Å². The Balaban J connectivity index is 2.52. The monoisotopic (exact) mass is 360 g/mol. The van der Waals surface area contributed by atoms with Gasteiger partial charge >= 0.3 is 5.97 Å². The molecule has 2 atom stereocenters. The van der Waals surface area contributed by atoms with Crippen LogP contribution in [-0.2, 0) is 16.0 Å². The summed E-state index contributed by atoms with van der Waals surface area (Å²) >= 11 is 6.43. The van der Waals surface area contributed by atoms with Crippen molar-refractivity contribution in [3.8, 4) is 0 Å². The van der Waals surface area contributed by atoms with Crippen molar-refractivity contribution in [2.45, 2.75) is 53.1 Å². The van der Waals surface area contributed by atoms with Crippen molar-refractivity contribution < 1.29 is 14.3 Å². The van der Waals surface area contributed by atoms with Crippen LogP contribution in [0, 0.1) is 19.8 Å². The van der Waals surface area contributed by atoms with Crippen molar-refractivity contribution >= 4 is 23.4 Å². The van der Waals surface area contributed by atoms with Gasteiger partial charge in [-0.3, -0.25) is 4.79 Å². The first-order valence-electron chi connectivity index (χ1n) is 8.66. The second kappa shape index (κ2) is 8.48. The van der Waals surface area contributed by atoms with Crippen LogP contribution in [0.25, 0.3) is 0 Å². The molecule has 0 N–H and O–H groups in total. The number of rotatable bonds is 0. The Morgan fingerprint density at radius 3 is 2.48 bits per heavy atom. The molecule has 1 aliphatic heterocycles. The van der Waals surface area contributed by atoms with Crippen molar-refractivity contribution in [2.24, 2.45) is 5.92 Å². The molecule has 134 valence electrons. The summed E-state index contributed by atoms with van der Waals surface area (Å²) in [5.74, 6) is -0.374. The average molecular weight is 361 g/mol. The Morgan fingerprint density at radius 2 is 1.76 bits per heavy atom. The maximum absolute atomic E-state index is 12.8. The van der Waals surface area contributed by atoms with Crippen molar-refractivity contribution in [1.82, 2.24) is 0 Å². The molecule has 1 aromatic rings. The van der Waals surface area contributed by atoms with E-state index in [2.05, 4.69) is 12.2 Å². The quantitative estimate of drug-likeness (QED) is 0.474. The molecular formula is C21H25ClO3. The lowest BCUT2D eigenvalue weighted by atomic mass is 9.94. The van der Waals surface area contributed by atoms with Crippen LogP contribution in [0.3, 0.4) is 0 Å². The third-order valence-electron chi connectivity index (χ3n) is 4.57. The summed E-state index contributed by atoms with van der Waals surface area (Å²) in [6.45, 7) is 7.63. The third kappa shape index (κ3) is 4.82. The van der Waals surface area contributed by atoms with E-state index in [0.29, 0.717) is 16.1 Å². The van der Waals surface area contributed by atoms with Gasteiger partial charge in [0.2, 0.25) is 0 Å². The lowest BCUT2D eigenvalue weighted by molar-refractivity contribution is -0.114. The van der Waals surface area contributed by atoms with Gasteiger partial charge < -0.3 is 4.74 Å². The number of benzene rings is 1. The molecule has 3 nitrogen and oxygen atoms in total. The normalized spacial score (nSPS) is 24.8. The summed E-state index contributed by atoms with van der Waals surface area (Å²) in [7, 11) is 0. The number of esters is 1. The molecule has 1 heterocycles. The number of ketones is 1. The molecule has 0 fully saturated rings. The lowest BCUT2D eigenvalue weighted by Crippen LogP contribution is -2.23.